The van der Waals surface area contributed by atoms with Gasteiger partial charge >= 0.3 is 6.18 Å². The molecule has 1 atom stereocenters. The third kappa shape index (κ3) is 6.07. The van der Waals surface area contributed by atoms with Crippen LogP contribution in [0.5, 0.6) is 11.5 Å². The fourth-order valence-corrected chi connectivity index (χ4v) is 4.62. The zero-order chi connectivity index (χ0) is 25.0. The number of rotatable bonds is 8. The lowest BCUT2D eigenvalue weighted by Gasteiger charge is -2.26. The number of amides is 2. The van der Waals surface area contributed by atoms with Crippen molar-refractivity contribution in [1.82, 2.24) is 10.2 Å². The van der Waals surface area contributed by atoms with Crippen LogP contribution in [-0.2, 0) is 11.0 Å². The number of nitrogens with one attached hydrogen (secondary N) is 1. The van der Waals surface area contributed by atoms with Gasteiger partial charge in [0.15, 0.2) is 11.5 Å². The van der Waals surface area contributed by atoms with Gasteiger partial charge in [0.1, 0.15) is 0 Å². The summed E-state index contributed by atoms with van der Waals surface area (Å²) in [5.74, 6) is 0.402. The molecule has 0 aromatic heterocycles. The molecule has 1 saturated carbocycles. The van der Waals surface area contributed by atoms with Gasteiger partial charge in [0.25, 0.3) is 5.91 Å². The number of carbonyl (C=O) groups is 2. The van der Waals surface area contributed by atoms with Gasteiger partial charge in [0, 0.05) is 25.1 Å². The molecule has 6 nitrogen and oxygen atoms in total. The van der Waals surface area contributed by atoms with E-state index in [9.17, 15) is 22.8 Å². The lowest BCUT2D eigenvalue weighted by atomic mass is 10.0. The van der Waals surface area contributed by atoms with Crippen LogP contribution in [0.4, 0.5) is 13.2 Å². The zero-order valence-corrected chi connectivity index (χ0v) is 19.6. The number of hydrogen-bond acceptors (Lipinski definition) is 4. The number of carbonyl (C=O) groups excluding carboxylic acids is 2. The van der Waals surface area contributed by atoms with Crippen molar-refractivity contribution < 1.29 is 32.2 Å². The molecular formula is C26H29F3N2O4. The molecular weight excluding hydrogens is 461 g/mol. The van der Waals surface area contributed by atoms with Crippen LogP contribution in [-0.4, -0.2) is 43.0 Å². The molecule has 1 saturated heterocycles. The first-order chi connectivity index (χ1) is 16.7. The summed E-state index contributed by atoms with van der Waals surface area (Å²) in [5, 5.41) is 2.82. The number of halogens is 3. The van der Waals surface area contributed by atoms with Gasteiger partial charge in [-0.1, -0.05) is 12.1 Å². The molecule has 2 aliphatic rings. The standard InChI is InChI=1S/C26H29F3N2O4/c1-34-23-15-18(11-12-22(23)35-20-8-2-3-9-20)25(33)30-21(16-31-13-5-10-24(31)32)17-6-4-7-19(14-17)26(27,28)29/h4,6-7,11-12,14-15,20-21H,2-3,5,8-10,13,16H2,1H3,(H,30,33). The second kappa shape index (κ2) is 10.6. The van der Waals surface area contributed by atoms with E-state index < -0.39 is 23.7 Å². The zero-order valence-electron chi connectivity index (χ0n) is 19.6. The van der Waals surface area contributed by atoms with E-state index in [1.165, 1.54) is 19.2 Å². The molecule has 2 amide bonds. The number of benzene rings is 2. The number of alkyl halides is 3. The minimum absolute atomic E-state index is 0.0775. The van der Waals surface area contributed by atoms with Crippen LogP contribution in [0, 0.1) is 0 Å². The lowest BCUT2D eigenvalue weighted by molar-refractivity contribution is -0.137. The largest absolute Gasteiger partial charge is 0.493 e. The van der Waals surface area contributed by atoms with Gasteiger partial charge in [-0.3, -0.25) is 9.59 Å². The van der Waals surface area contributed by atoms with E-state index in [0.29, 0.717) is 30.9 Å². The van der Waals surface area contributed by atoms with Crippen molar-refractivity contribution in [1.29, 1.82) is 0 Å². The maximum atomic E-state index is 13.3. The molecule has 0 spiro atoms. The van der Waals surface area contributed by atoms with Gasteiger partial charge in [-0.15, -0.1) is 0 Å². The summed E-state index contributed by atoms with van der Waals surface area (Å²) in [6.45, 7) is 0.594. The molecule has 2 fully saturated rings. The van der Waals surface area contributed by atoms with Crippen molar-refractivity contribution in [3.05, 3.63) is 59.2 Å². The third-order valence-electron chi connectivity index (χ3n) is 6.52. The first-order valence-corrected chi connectivity index (χ1v) is 11.8. The predicted molar refractivity (Wildman–Crippen MR) is 123 cm³/mol. The van der Waals surface area contributed by atoms with Crippen LogP contribution in [0.2, 0.25) is 0 Å². The summed E-state index contributed by atoms with van der Waals surface area (Å²) in [7, 11) is 1.49. The first kappa shape index (κ1) is 24.9. The van der Waals surface area contributed by atoms with Gasteiger partial charge in [0.2, 0.25) is 5.91 Å². The Hall–Kier alpha value is -3.23. The van der Waals surface area contributed by atoms with E-state index in [2.05, 4.69) is 5.32 Å². The van der Waals surface area contributed by atoms with E-state index >= 15 is 0 Å². The highest BCUT2D eigenvalue weighted by molar-refractivity contribution is 5.95. The molecule has 1 aliphatic heterocycles. The molecule has 4 rings (SSSR count). The van der Waals surface area contributed by atoms with E-state index in [1.807, 2.05) is 0 Å². The molecule has 2 aromatic carbocycles. The fourth-order valence-electron chi connectivity index (χ4n) is 4.62. The monoisotopic (exact) mass is 490 g/mol. The minimum Gasteiger partial charge on any atom is -0.493 e. The highest BCUT2D eigenvalue weighted by Gasteiger charge is 2.32. The van der Waals surface area contributed by atoms with Gasteiger partial charge in [0.05, 0.1) is 24.8 Å². The minimum atomic E-state index is -4.52. The second-order valence-corrected chi connectivity index (χ2v) is 8.98. The third-order valence-corrected chi connectivity index (χ3v) is 6.52. The smallest absolute Gasteiger partial charge is 0.416 e. The number of nitrogens with zero attached hydrogens (tertiary/aromatic N) is 1. The lowest BCUT2D eigenvalue weighted by Crippen LogP contribution is -2.38. The van der Waals surface area contributed by atoms with Crippen molar-refractivity contribution in [3.8, 4) is 11.5 Å². The summed E-state index contributed by atoms with van der Waals surface area (Å²) in [5.41, 5.74) is -0.247. The highest BCUT2D eigenvalue weighted by atomic mass is 19.4. The van der Waals surface area contributed by atoms with Crippen LogP contribution < -0.4 is 14.8 Å². The number of methoxy groups -OCH3 is 1. The Labute approximate surface area is 202 Å². The average Bonchev–Trinajstić information content (AvgIpc) is 3.50. The van der Waals surface area contributed by atoms with E-state index in [0.717, 1.165) is 37.8 Å². The van der Waals surface area contributed by atoms with Crippen molar-refractivity contribution in [2.75, 3.05) is 20.2 Å². The van der Waals surface area contributed by atoms with Crippen LogP contribution in [0.3, 0.4) is 0 Å². The summed E-state index contributed by atoms with van der Waals surface area (Å²) in [6, 6.07) is 8.86. The van der Waals surface area contributed by atoms with E-state index in [1.54, 1.807) is 23.1 Å². The Kier molecular flexibility index (Phi) is 7.52. The van der Waals surface area contributed by atoms with Gasteiger partial charge in [-0.2, -0.15) is 13.2 Å². The summed E-state index contributed by atoms with van der Waals surface area (Å²) in [6.07, 6.45) is 0.847. The number of ether oxygens (including phenoxy) is 2. The summed E-state index contributed by atoms with van der Waals surface area (Å²) in [4.78, 5) is 26.9. The Morgan fingerprint density at radius 3 is 2.54 bits per heavy atom. The topological polar surface area (TPSA) is 67.9 Å². The molecule has 1 unspecified atom stereocenters. The SMILES string of the molecule is COc1cc(C(=O)NC(CN2CCCC2=O)c2cccc(C(F)(F)F)c2)ccc1OC1CCCC1. The van der Waals surface area contributed by atoms with Crippen LogP contribution >= 0.6 is 0 Å². The molecule has 188 valence electrons. The van der Waals surface area contributed by atoms with Crippen molar-refractivity contribution >= 4 is 11.8 Å². The summed E-state index contributed by atoms with van der Waals surface area (Å²) < 4.78 is 51.4. The molecule has 1 heterocycles. The molecule has 35 heavy (non-hydrogen) atoms. The maximum absolute atomic E-state index is 13.3. The van der Waals surface area contributed by atoms with E-state index in [-0.39, 0.29) is 29.7 Å². The highest BCUT2D eigenvalue weighted by Crippen LogP contribution is 2.33. The van der Waals surface area contributed by atoms with Crippen LogP contribution in [0.15, 0.2) is 42.5 Å². The molecule has 1 N–H and O–H groups in total. The average molecular weight is 491 g/mol. The van der Waals surface area contributed by atoms with Gasteiger partial charge in [-0.25, -0.2) is 0 Å². The summed E-state index contributed by atoms with van der Waals surface area (Å²) >= 11 is 0. The first-order valence-electron chi connectivity index (χ1n) is 11.8. The van der Waals surface area contributed by atoms with Crippen LogP contribution in [0.1, 0.15) is 66.1 Å². The van der Waals surface area contributed by atoms with Crippen molar-refractivity contribution in [2.45, 2.75) is 56.8 Å². The molecule has 0 bridgehead atoms. The Bertz CT molecular complexity index is 1070. The second-order valence-electron chi connectivity index (χ2n) is 8.98. The van der Waals surface area contributed by atoms with Crippen LogP contribution in [0.25, 0.3) is 0 Å². The van der Waals surface area contributed by atoms with Gasteiger partial charge in [-0.05, 0) is 68.0 Å². The van der Waals surface area contributed by atoms with Crippen molar-refractivity contribution in [3.63, 3.8) is 0 Å². The number of likely N-dealkylation sites (tertiary alicyclic amines) is 1. The molecule has 2 aromatic rings. The predicted octanol–water partition coefficient (Wildman–Crippen LogP) is 5.13. The maximum Gasteiger partial charge on any atom is 0.416 e. The molecule has 1 aliphatic carbocycles. The van der Waals surface area contributed by atoms with Crippen molar-refractivity contribution in [2.24, 2.45) is 0 Å². The Balaban J connectivity index is 1.56. The Morgan fingerprint density at radius 2 is 1.89 bits per heavy atom. The quantitative estimate of drug-likeness (QED) is 0.557. The Morgan fingerprint density at radius 1 is 1.11 bits per heavy atom. The normalized spacial score (nSPS) is 17.5. The van der Waals surface area contributed by atoms with Gasteiger partial charge < -0.3 is 19.7 Å². The number of hydrogen-bond donors (Lipinski definition) is 1. The van der Waals surface area contributed by atoms with E-state index in [4.69, 9.17) is 9.47 Å². The molecule has 0 radical (unpaired) electrons. The molecule has 9 heteroatoms. The fraction of sp³-hybridized carbons (Fsp3) is 0.462.